The van der Waals surface area contributed by atoms with E-state index in [1.807, 2.05) is 43.3 Å². The molecule has 0 aliphatic rings. The van der Waals surface area contributed by atoms with Crippen LogP contribution in [0.3, 0.4) is 0 Å². The standard InChI is InChI=1S/C23H21N3O4/c1-3-25-18-13-9-8-12-16(18)21(27)20(22(25)28)19-14-17(23(29)30-4-2)24-26(19)15-10-6-5-7-11-15/h5-14,27H,3-4H2,1-2H3. The van der Waals surface area contributed by atoms with Crippen LogP contribution in [0, 0.1) is 0 Å². The van der Waals surface area contributed by atoms with Gasteiger partial charge in [-0.2, -0.15) is 5.10 Å². The van der Waals surface area contributed by atoms with Gasteiger partial charge >= 0.3 is 5.97 Å². The second-order valence-electron chi connectivity index (χ2n) is 6.67. The molecule has 7 heteroatoms. The Hall–Kier alpha value is -3.87. The number of aryl methyl sites for hydroxylation is 1. The van der Waals surface area contributed by atoms with Gasteiger partial charge in [-0.3, -0.25) is 4.79 Å². The number of pyridine rings is 1. The topological polar surface area (TPSA) is 86.4 Å². The van der Waals surface area contributed by atoms with Gasteiger partial charge in [-0.05, 0) is 44.2 Å². The van der Waals surface area contributed by atoms with Crippen LogP contribution in [-0.4, -0.2) is 32.0 Å². The minimum atomic E-state index is -0.593. The Morgan fingerprint density at radius 1 is 1.07 bits per heavy atom. The number of carbonyl (C=O) groups is 1. The van der Waals surface area contributed by atoms with Crippen molar-refractivity contribution < 1.29 is 14.6 Å². The Balaban J connectivity index is 2.06. The number of hydrogen-bond acceptors (Lipinski definition) is 5. The summed E-state index contributed by atoms with van der Waals surface area (Å²) >= 11 is 0. The molecule has 0 fully saturated rings. The third kappa shape index (κ3) is 3.14. The SMILES string of the molecule is CCOC(=O)c1cc(-c2c(O)c3ccccc3n(CC)c2=O)n(-c2ccccc2)n1. The van der Waals surface area contributed by atoms with E-state index in [9.17, 15) is 14.7 Å². The van der Waals surface area contributed by atoms with Crippen molar-refractivity contribution in [2.75, 3.05) is 6.61 Å². The molecule has 0 spiro atoms. The minimum Gasteiger partial charge on any atom is -0.506 e. The molecule has 1 N–H and O–H groups in total. The van der Waals surface area contributed by atoms with Crippen molar-refractivity contribution in [1.82, 2.24) is 14.3 Å². The number of para-hydroxylation sites is 2. The Labute approximate surface area is 172 Å². The number of nitrogens with zero attached hydrogens (tertiary/aromatic N) is 3. The maximum absolute atomic E-state index is 13.4. The van der Waals surface area contributed by atoms with Crippen molar-refractivity contribution in [1.29, 1.82) is 0 Å². The van der Waals surface area contributed by atoms with Crippen molar-refractivity contribution in [3.05, 3.63) is 76.7 Å². The van der Waals surface area contributed by atoms with Crippen LogP contribution in [0.5, 0.6) is 5.75 Å². The largest absolute Gasteiger partial charge is 0.506 e. The fraction of sp³-hybridized carbons (Fsp3) is 0.174. The lowest BCUT2D eigenvalue weighted by Crippen LogP contribution is -2.22. The molecule has 2 aromatic heterocycles. The summed E-state index contributed by atoms with van der Waals surface area (Å²) in [6, 6.07) is 17.8. The molecule has 4 aromatic rings. The average Bonchev–Trinajstić information content (AvgIpc) is 3.20. The Bertz CT molecular complexity index is 1290. The van der Waals surface area contributed by atoms with E-state index in [0.29, 0.717) is 28.8 Å². The summed E-state index contributed by atoms with van der Waals surface area (Å²) in [5.74, 6) is -0.739. The van der Waals surface area contributed by atoms with Gasteiger partial charge in [0.05, 0.1) is 23.5 Å². The number of hydrogen-bond donors (Lipinski definition) is 1. The highest BCUT2D eigenvalue weighted by atomic mass is 16.5. The first-order chi connectivity index (χ1) is 14.6. The fourth-order valence-corrected chi connectivity index (χ4v) is 3.56. The van der Waals surface area contributed by atoms with Crippen LogP contribution in [0.1, 0.15) is 24.3 Å². The molecule has 0 atom stereocenters. The first-order valence-electron chi connectivity index (χ1n) is 9.74. The van der Waals surface area contributed by atoms with Gasteiger partial charge in [-0.25, -0.2) is 9.48 Å². The molecule has 4 rings (SSSR count). The van der Waals surface area contributed by atoms with E-state index < -0.39 is 5.97 Å². The summed E-state index contributed by atoms with van der Waals surface area (Å²) in [6.45, 7) is 4.21. The van der Waals surface area contributed by atoms with E-state index in [1.54, 1.807) is 29.7 Å². The van der Waals surface area contributed by atoms with Crippen molar-refractivity contribution in [3.8, 4) is 22.7 Å². The van der Waals surface area contributed by atoms with Crippen molar-refractivity contribution in [2.45, 2.75) is 20.4 Å². The number of ether oxygens (including phenoxy) is 1. The zero-order valence-electron chi connectivity index (χ0n) is 16.7. The Kier molecular flexibility index (Phi) is 5.10. The molecule has 2 aromatic carbocycles. The van der Waals surface area contributed by atoms with E-state index in [0.717, 1.165) is 0 Å². The van der Waals surface area contributed by atoms with Crippen LogP contribution in [0.15, 0.2) is 65.5 Å². The molecule has 0 saturated carbocycles. The fourth-order valence-electron chi connectivity index (χ4n) is 3.56. The predicted molar refractivity (Wildman–Crippen MR) is 114 cm³/mol. The zero-order valence-corrected chi connectivity index (χ0v) is 16.7. The van der Waals surface area contributed by atoms with Crippen LogP contribution in [-0.2, 0) is 11.3 Å². The summed E-state index contributed by atoms with van der Waals surface area (Å²) in [6.07, 6.45) is 0. The average molecular weight is 403 g/mol. The molecule has 0 amide bonds. The normalized spacial score (nSPS) is 11.0. The van der Waals surface area contributed by atoms with Gasteiger partial charge in [-0.1, -0.05) is 30.3 Å². The second kappa shape index (κ2) is 7.87. The van der Waals surface area contributed by atoms with Gasteiger partial charge in [-0.15, -0.1) is 0 Å². The van der Waals surface area contributed by atoms with Gasteiger partial charge in [0.25, 0.3) is 5.56 Å². The maximum Gasteiger partial charge on any atom is 0.358 e. The number of fused-ring (bicyclic) bond motifs is 1. The van der Waals surface area contributed by atoms with Crippen LogP contribution in [0.2, 0.25) is 0 Å². The lowest BCUT2D eigenvalue weighted by atomic mass is 10.1. The predicted octanol–water partition coefficient (Wildman–Crippen LogP) is 3.76. The maximum atomic E-state index is 13.4. The molecule has 30 heavy (non-hydrogen) atoms. The molecule has 0 bridgehead atoms. The summed E-state index contributed by atoms with van der Waals surface area (Å²) in [4.78, 5) is 25.7. The van der Waals surface area contributed by atoms with Gasteiger partial charge in [0.15, 0.2) is 5.69 Å². The van der Waals surface area contributed by atoms with Gasteiger partial charge in [0.1, 0.15) is 11.3 Å². The minimum absolute atomic E-state index is 0.0608. The second-order valence-corrected chi connectivity index (χ2v) is 6.67. The van der Waals surface area contributed by atoms with Crippen LogP contribution >= 0.6 is 0 Å². The lowest BCUT2D eigenvalue weighted by molar-refractivity contribution is 0.0519. The number of benzene rings is 2. The third-order valence-corrected chi connectivity index (χ3v) is 4.91. The molecule has 7 nitrogen and oxygen atoms in total. The summed E-state index contributed by atoms with van der Waals surface area (Å²) in [5.41, 5.74) is 1.40. The molecule has 0 aliphatic carbocycles. The number of aromatic hydroxyl groups is 1. The summed E-state index contributed by atoms with van der Waals surface area (Å²) in [5, 5.41) is 16.0. The smallest absolute Gasteiger partial charge is 0.358 e. The molecule has 0 radical (unpaired) electrons. The number of carbonyl (C=O) groups excluding carboxylic acids is 1. The van der Waals surface area contributed by atoms with Crippen molar-refractivity contribution in [2.24, 2.45) is 0 Å². The summed E-state index contributed by atoms with van der Waals surface area (Å²) in [7, 11) is 0. The van der Waals surface area contributed by atoms with Crippen LogP contribution in [0.25, 0.3) is 27.8 Å². The highest BCUT2D eigenvalue weighted by Gasteiger charge is 2.24. The lowest BCUT2D eigenvalue weighted by Gasteiger charge is -2.14. The van der Waals surface area contributed by atoms with Crippen molar-refractivity contribution >= 4 is 16.9 Å². The summed E-state index contributed by atoms with van der Waals surface area (Å²) < 4.78 is 8.16. The Morgan fingerprint density at radius 2 is 1.77 bits per heavy atom. The third-order valence-electron chi connectivity index (χ3n) is 4.91. The van der Waals surface area contributed by atoms with Gasteiger partial charge < -0.3 is 14.4 Å². The quantitative estimate of drug-likeness (QED) is 0.513. The van der Waals surface area contributed by atoms with Crippen molar-refractivity contribution in [3.63, 3.8) is 0 Å². The molecule has 0 saturated heterocycles. The van der Waals surface area contributed by atoms with E-state index in [-0.39, 0.29) is 29.2 Å². The first-order valence-corrected chi connectivity index (χ1v) is 9.74. The monoisotopic (exact) mass is 403 g/mol. The molecular weight excluding hydrogens is 382 g/mol. The molecule has 0 unspecified atom stereocenters. The van der Waals surface area contributed by atoms with Crippen LogP contribution < -0.4 is 5.56 Å². The highest BCUT2D eigenvalue weighted by molar-refractivity contribution is 5.94. The van der Waals surface area contributed by atoms with Gasteiger partial charge in [0.2, 0.25) is 0 Å². The molecular formula is C23H21N3O4. The highest BCUT2D eigenvalue weighted by Crippen LogP contribution is 2.34. The van der Waals surface area contributed by atoms with E-state index >= 15 is 0 Å². The molecule has 152 valence electrons. The molecule has 2 heterocycles. The first kappa shape index (κ1) is 19.4. The number of rotatable bonds is 5. The Morgan fingerprint density at radius 3 is 2.47 bits per heavy atom. The van der Waals surface area contributed by atoms with E-state index in [4.69, 9.17) is 4.74 Å². The van der Waals surface area contributed by atoms with E-state index in [1.165, 1.54) is 10.7 Å². The van der Waals surface area contributed by atoms with E-state index in [2.05, 4.69) is 5.10 Å². The van der Waals surface area contributed by atoms with Crippen LogP contribution in [0.4, 0.5) is 0 Å². The molecule has 0 aliphatic heterocycles. The number of esters is 1. The van der Waals surface area contributed by atoms with Gasteiger partial charge in [0, 0.05) is 11.9 Å². The zero-order chi connectivity index (χ0) is 21.3. The number of aromatic nitrogens is 3.